The molecule has 24 heavy (non-hydrogen) atoms. The number of carbonyl (C=O) groups is 1. The Morgan fingerprint density at radius 2 is 1.92 bits per heavy atom. The minimum absolute atomic E-state index is 0.0348. The van der Waals surface area contributed by atoms with Crippen LogP contribution < -0.4 is 5.73 Å². The molecule has 0 bridgehead atoms. The molecule has 0 amide bonds. The zero-order valence-corrected chi connectivity index (χ0v) is 15.9. The van der Waals surface area contributed by atoms with E-state index in [1.807, 2.05) is 18.2 Å². The average Bonchev–Trinajstić information content (AvgIpc) is 2.49. The number of ketones is 1. The van der Waals surface area contributed by atoms with Crippen LogP contribution in [0.1, 0.15) is 69.3 Å². The summed E-state index contributed by atoms with van der Waals surface area (Å²) in [6, 6.07) is 8.21. The summed E-state index contributed by atoms with van der Waals surface area (Å²) in [5, 5.41) is 0. The van der Waals surface area contributed by atoms with Crippen molar-refractivity contribution in [2.75, 3.05) is 0 Å². The van der Waals surface area contributed by atoms with Crippen LogP contribution in [0, 0.1) is 35.5 Å². The van der Waals surface area contributed by atoms with E-state index in [1.165, 1.54) is 12.8 Å². The van der Waals surface area contributed by atoms with E-state index in [2.05, 4.69) is 40.7 Å². The van der Waals surface area contributed by atoms with Crippen molar-refractivity contribution in [3.8, 4) is 0 Å². The van der Waals surface area contributed by atoms with Crippen molar-refractivity contribution in [1.29, 1.82) is 0 Å². The fourth-order valence-corrected chi connectivity index (χ4v) is 5.98. The highest BCUT2D eigenvalue weighted by molar-refractivity contribution is 5.98. The van der Waals surface area contributed by atoms with Crippen molar-refractivity contribution < 1.29 is 4.79 Å². The summed E-state index contributed by atoms with van der Waals surface area (Å²) < 4.78 is 0. The number of nitrogens with two attached hydrogens (primary N) is 1. The molecule has 0 aromatic heterocycles. The van der Waals surface area contributed by atoms with Gasteiger partial charge in [-0.3, -0.25) is 4.79 Å². The van der Waals surface area contributed by atoms with Crippen LogP contribution >= 0.6 is 0 Å². The smallest absolute Gasteiger partial charge is 0.166 e. The van der Waals surface area contributed by atoms with Gasteiger partial charge in [-0.05, 0) is 54.9 Å². The van der Waals surface area contributed by atoms with Crippen LogP contribution in [0.15, 0.2) is 24.3 Å². The molecule has 0 radical (unpaired) electrons. The number of hydrogen-bond donors (Lipinski definition) is 1. The van der Waals surface area contributed by atoms with Gasteiger partial charge in [-0.15, -0.1) is 0 Å². The standard InChI is InChI=1S/C22H33NO/c1-14-8-6-9-16(12-14)20(24)19-15(2)17(23)13-18-21(3,4)10-7-11-22(18,19)5/h6,8-9,12,15,17-19H,7,10-11,13,23H2,1-5H3/t15?,17?,18-,19+,22-/m0/s1. The maximum Gasteiger partial charge on any atom is 0.166 e. The van der Waals surface area contributed by atoms with Crippen molar-refractivity contribution in [3.05, 3.63) is 35.4 Å². The van der Waals surface area contributed by atoms with E-state index in [1.54, 1.807) is 0 Å². The summed E-state index contributed by atoms with van der Waals surface area (Å²) in [5.41, 5.74) is 8.91. The molecule has 2 aliphatic carbocycles. The molecule has 2 N–H and O–H groups in total. The normalized spacial score (nSPS) is 38.4. The molecule has 3 rings (SSSR count). The maximum atomic E-state index is 13.5. The quantitative estimate of drug-likeness (QED) is 0.777. The minimum Gasteiger partial charge on any atom is -0.327 e. The zero-order chi connectivity index (χ0) is 17.7. The Morgan fingerprint density at radius 1 is 1.21 bits per heavy atom. The minimum atomic E-state index is 0.0348. The molecule has 2 saturated carbocycles. The third kappa shape index (κ3) is 2.73. The van der Waals surface area contributed by atoms with Gasteiger partial charge in [0, 0.05) is 17.5 Å². The van der Waals surface area contributed by atoms with Crippen molar-refractivity contribution in [3.63, 3.8) is 0 Å². The lowest BCUT2D eigenvalue weighted by molar-refractivity contribution is -0.0865. The van der Waals surface area contributed by atoms with Crippen LogP contribution in [0.5, 0.6) is 0 Å². The van der Waals surface area contributed by atoms with Crippen LogP contribution in [0.2, 0.25) is 0 Å². The molecule has 0 saturated heterocycles. The Hall–Kier alpha value is -1.15. The van der Waals surface area contributed by atoms with E-state index in [-0.39, 0.29) is 28.7 Å². The first-order valence-corrected chi connectivity index (χ1v) is 9.53. The van der Waals surface area contributed by atoms with Gasteiger partial charge in [0.1, 0.15) is 0 Å². The van der Waals surface area contributed by atoms with E-state index >= 15 is 0 Å². The summed E-state index contributed by atoms with van der Waals surface area (Å²) in [4.78, 5) is 13.5. The van der Waals surface area contributed by atoms with Crippen LogP contribution in [-0.4, -0.2) is 11.8 Å². The Kier molecular flexibility index (Phi) is 4.40. The fraction of sp³-hybridized carbons (Fsp3) is 0.682. The van der Waals surface area contributed by atoms with E-state index in [9.17, 15) is 4.79 Å². The predicted octanol–water partition coefficient (Wildman–Crippen LogP) is 4.99. The van der Waals surface area contributed by atoms with Crippen molar-refractivity contribution >= 4 is 5.78 Å². The van der Waals surface area contributed by atoms with Crippen molar-refractivity contribution in [1.82, 2.24) is 0 Å². The molecule has 1 aromatic rings. The van der Waals surface area contributed by atoms with Gasteiger partial charge >= 0.3 is 0 Å². The topological polar surface area (TPSA) is 43.1 Å². The molecular formula is C22H33NO. The summed E-state index contributed by atoms with van der Waals surface area (Å²) in [6.45, 7) is 11.4. The summed E-state index contributed by atoms with van der Waals surface area (Å²) >= 11 is 0. The molecule has 0 spiro atoms. The maximum absolute atomic E-state index is 13.5. The molecule has 5 atom stereocenters. The van der Waals surface area contributed by atoms with Gasteiger partial charge in [0.2, 0.25) is 0 Å². The molecule has 2 unspecified atom stereocenters. The molecular weight excluding hydrogens is 294 g/mol. The Bertz CT molecular complexity index is 635. The number of rotatable bonds is 2. The summed E-state index contributed by atoms with van der Waals surface area (Å²) in [6.07, 6.45) is 4.68. The van der Waals surface area contributed by atoms with Crippen LogP contribution in [0.25, 0.3) is 0 Å². The highest BCUT2D eigenvalue weighted by Gasteiger charge is 2.57. The lowest BCUT2D eigenvalue weighted by Crippen LogP contribution is -2.59. The van der Waals surface area contributed by atoms with E-state index < -0.39 is 0 Å². The molecule has 2 nitrogen and oxygen atoms in total. The summed E-state index contributed by atoms with van der Waals surface area (Å²) in [7, 11) is 0. The largest absolute Gasteiger partial charge is 0.327 e. The lowest BCUT2D eigenvalue weighted by Gasteiger charge is -2.60. The number of hydrogen-bond acceptors (Lipinski definition) is 2. The molecule has 0 heterocycles. The van der Waals surface area contributed by atoms with Crippen molar-refractivity contribution in [2.24, 2.45) is 34.3 Å². The van der Waals surface area contributed by atoms with E-state index in [0.29, 0.717) is 11.7 Å². The molecule has 2 aliphatic rings. The number of carbonyl (C=O) groups excluding carboxylic acids is 1. The first-order valence-electron chi connectivity index (χ1n) is 9.53. The van der Waals surface area contributed by atoms with Crippen LogP contribution in [0.3, 0.4) is 0 Å². The molecule has 2 fully saturated rings. The van der Waals surface area contributed by atoms with Gasteiger partial charge in [-0.25, -0.2) is 0 Å². The monoisotopic (exact) mass is 327 g/mol. The third-order valence-electron chi connectivity index (χ3n) is 7.28. The molecule has 132 valence electrons. The number of Topliss-reactive ketones (excluding diaryl/α,β-unsaturated/α-hetero) is 1. The Labute approximate surface area is 147 Å². The van der Waals surface area contributed by atoms with Gasteiger partial charge in [-0.1, -0.05) is 57.9 Å². The molecule has 0 aliphatic heterocycles. The Morgan fingerprint density at radius 3 is 2.58 bits per heavy atom. The third-order valence-corrected chi connectivity index (χ3v) is 7.28. The molecule has 2 heteroatoms. The fourth-order valence-electron chi connectivity index (χ4n) is 5.98. The average molecular weight is 328 g/mol. The summed E-state index contributed by atoms with van der Waals surface area (Å²) in [5.74, 6) is 1.12. The Balaban J connectivity index is 2.04. The van der Waals surface area contributed by atoms with Crippen LogP contribution in [-0.2, 0) is 0 Å². The van der Waals surface area contributed by atoms with Gasteiger partial charge in [0.05, 0.1) is 0 Å². The van der Waals surface area contributed by atoms with Gasteiger partial charge in [0.15, 0.2) is 5.78 Å². The van der Waals surface area contributed by atoms with Gasteiger partial charge in [0.25, 0.3) is 0 Å². The van der Waals surface area contributed by atoms with Crippen molar-refractivity contribution in [2.45, 2.75) is 66.3 Å². The second kappa shape index (κ2) is 5.98. The van der Waals surface area contributed by atoms with Gasteiger partial charge < -0.3 is 5.73 Å². The van der Waals surface area contributed by atoms with E-state index in [4.69, 9.17) is 5.73 Å². The lowest BCUT2D eigenvalue weighted by atomic mass is 9.45. The number of benzene rings is 1. The molecule has 1 aromatic carbocycles. The second-order valence-electron chi connectivity index (χ2n) is 9.37. The predicted molar refractivity (Wildman–Crippen MR) is 100.0 cm³/mol. The first-order chi connectivity index (χ1) is 11.2. The SMILES string of the molecule is Cc1cccc(C(=O)[C@H]2C(C)C(N)C[C@H]3C(C)(C)CCC[C@]23C)c1. The van der Waals surface area contributed by atoms with E-state index in [0.717, 1.165) is 24.0 Å². The first kappa shape index (κ1) is 17.7. The number of aryl methyl sites for hydroxylation is 1. The number of fused-ring (bicyclic) bond motifs is 1. The van der Waals surface area contributed by atoms with Gasteiger partial charge in [-0.2, -0.15) is 0 Å². The highest BCUT2D eigenvalue weighted by atomic mass is 16.1. The highest BCUT2D eigenvalue weighted by Crippen LogP contribution is 2.61. The second-order valence-corrected chi connectivity index (χ2v) is 9.37. The zero-order valence-electron chi connectivity index (χ0n) is 15.9. The van der Waals surface area contributed by atoms with Crippen LogP contribution in [0.4, 0.5) is 0 Å².